The molecule has 2 heterocycles. The molecule has 0 N–H and O–H groups in total. The molecule has 0 amide bonds. The number of benzene rings is 1. The van der Waals surface area contributed by atoms with Crippen LogP contribution in [0.15, 0.2) is 64.7 Å². The Bertz CT molecular complexity index is 987. The van der Waals surface area contributed by atoms with Crippen LogP contribution in [0.4, 0.5) is 0 Å². The van der Waals surface area contributed by atoms with E-state index in [-0.39, 0.29) is 5.56 Å². The Morgan fingerprint density at radius 2 is 2.00 bits per heavy atom. The molecule has 134 valence electrons. The molecule has 1 unspecified atom stereocenters. The Morgan fingerprint density at radius 1 is 1.19 bits per heavy atom. The minimum atomic E-state index is -1.15. The summed E-state index contributed by atoms with van der Waals surface area (Å²) in [6.45, 7) is 2.16. The first kappa shape index (κ1) is 18.1. The Hall–Kier alpha value is -2.73. The van der Waals surface area contributed by atoms with Crippen LogP contribution in [-0.4, -0.2) is 20.0 Å². The normalized spacial score (nSPS) is 12.0. The molecule has 0 aliphatic heterocycles. The zero-order valence-electron chi connectivity index (χ0n) is 14.9. The maximum absolute atomic E-state index is 12.0. The lowest BCUT2D eigenvalue weighted by Gasteiger charge is -2.12. The first-order chi connectivity index (χ1) is 12.4. The van der Waals surface area contributed by atoms with Crippen LogP contribution in [0, 0.1) is 6.92 Å². The molecule has 2 aromatic heterocycles. The summed E-state index contributed by atoms with van der Waals surface area (Å²) in [4.78, 5) is 16.7. The molecule has 0 aliphatic rings. The third kappa shape index (κ3) is 4.08. The molecule has 0 fully saturated rings. The van der Waals surface area contributed by atoms with Gasteiger partial charge < -0.3 is 9.30 Å². The molecule has 0 spiro atoms. The molecule has 3 aromatic rings. The molecular formula is C20H20N2O3S. The fraction of sp³-hybridized carbons (Fsp3) is 0.200. The zero-order valence-corrected chi connectivity index (χ0v) is 15.7. The van der Waals surface area contributed by atoms with Gasteiger partial charge in [0.2, 0.25) is 0 Å². The van der Waals surface area contributed by atoms with Gasteiger partial charge in [-0.25, -0.2) is 0 Å². The van der Waals surface area contributed by atoms with Gasteiger partial charge >= 0.3 is 0 Å². The van der Waals surface area contributed by atoms with Gasteiger partial charge in [0.15, 0.2) is 0 Å². The molecule has 1 aromatic carbocycles. The molecule has 26 heavy (non-hydrogen) atoms. The van der Waals surface area contributed by atoms with Crippen molar-refractivity contribution < 1.29 is 8.95 Å². The van der Waals surface area contributed by atoms with Crippen molar-refractivity contribution >= 4 is 10.8 Å². The lowest BCUT2D eigenvalue weighted by molar-refractivity contribution is 0.305. The average Bonchev–Trinajstić information content (AvgIpc) is 2.64. The number of aromatic nitrogens is 2. The third-order valence-corrected chi connectivity index (χ3v) is 4.94. The maximum Gasteiger partial charge on any atom is 0.253 e. The van der Waals surface area contributed by atoms with Crippen LogP contribution in [-0.2, 0) is 24.5 Å². The average molecular weight is 368 g/mol. The van der Waals surface area contributed by atoms with E-state index in [1.54, 1.807) is 49.5 Å². The summed E-state index contributed by atoms with van der Waals surface area (Å²) in [5.74, 6) is 0.628. The summed E-state index contributed by atoms with van der Waals surface area (Å²) < 4.78 is 19.5. The monoisotopic (exact) mass is 368 g/mol. The lowest BCUT2D eigenvalue weighted by Crippen LogP contribution is -2.18. The Morgan fingerprint density at radius 3 is 2.65 bits per heavy atom. The van der Waals surface area contributed by atoms with E-state index in [4.69, 9.17) is 4.74 Å². The van der Waals surface area contributed by atoms with E-state index >= 15 is 0 Å². The van der Waals surface area contributed by atoms with Crippen molar-refractivity contribution in [2.45, 2.75) is 18.4 Å². The number of hydrogen-bond acceptors (Lipinski definition) is 4. The molecule has 0 bridgehead atoms. The Balaban J connectivity index is 1.99. The summed E-state index contributed by atoms with van der Waals surface area (Å²) in [7, 11) is 0.575. The molecule has 0 saturated carbocycles. The van der Waals surface area contributed by atoms with E-state index in [0.717, 1.165) is 16.7 Å². The van der Waals surface area contributed by atoms with Crippen molar-refractivity contribution in [3.63, 3.8) is 0 Å². The van der Waals surface area contributed by atoms with Crippen molar-refractivity contribution in [2.75, 3.05) is 6.26 Å². The molecule has 0 aliphatic carbocycles. The number of aryl methyl sites for hydroxylation is 2. The van der Waals surface area contributed by atoms with Crippen LogP contribution in [0.1, 0.15) is 11.1 Å². The van der Waals surface area contributed by atoms with Gasteiger partial charge in [-0.05, 0) is 48.4 Å². The highest BCUT2D eigenvalue weighted by Gasteiger charge is 2.09. The van der Waals surface area contributed by atoms with Crippen LogP contribution >= 0.6 is 0 Å². The van der Waals surface area contributed by atoms with Crippen LogP contribution in [0.2, 0.25) is 0 Å². The fourth-order valence-corrected chi connectivity index (χ4v) is 3.25. The summed E-state index contributed by atoms with van der Waals surface area (Å²) in [6.07, 6.45) is 6.87. The van der Waals surface area contributed by atoms with Gasteiger partial charge in [-0.1, -0.05) is 6.07 Å². The fourth-order valence-electron chi connectivity index (χ4n) is 2.67. The van der Waals surface area contributed by atoms with E-state index in [9.17, 15) is 9.00 Å². The van der Waals surface area contributed by atoms with Crippen molar-refractivity contribution in [3.8, 4) is 16.9 Å². The Kier molecular flexibility index (Phi) is 5.32. The van der Waals surface area contributed by atoms with Crippen LogP contribution in [0.3, 0.4) is 0 Å². The molecular weight excluding hydrogens is 348 g/mol. The second-order valence-corrected chi connectivity index (χ2v) is 7.50. The standard InChI is InChI=1S/C20H20N2O3S/c1-14-7-17(12-22(2)20(14)23)16-8-18(10-19(9-16)26(3)24)25-13-15-5-4-6-21-11-15/h4-12H,13H2,1-3H3. The highest BCUT2D eigenvalue weighted by molar-refractivity contribution is 7.84. The topological polar surface area (TPSA) is 61.2 Å². The van der Waals surface area contributed by atoms with E-state index < -0.39 is 10.8 Å². The van der Waals surface area contributed by atoms with Crippen LogP contribution in [0.5, 0.6) is 5.75 Å². The van der Waals surface area contributed by atoms with E-state index in [1.807, 2.05) is 30.3 Å². The van der Waals surface area contributed by atoms with Crippen molar-refractivity contribution in [1.82, 2.24) is 9.55 Å². The zero-order chi connectivity index (χ0) is 18.7. The molecule has 0 radical (unpaired) electrons. The Labute approximate surface area is 154 Å². The van der Waals surface area contributed by atoms with Gasteiger partial charge in [-0.15, -0.1) is 0 Å². The van der Waals surface area contributed by atoms with Crippen molar-refractivity contribution in [2.24, 2.45) is 7.05 Å². The highest BCUT2D eigenvalue weighted by atomic mass is 32.2. The largest absolute Gasteiger partial charge is 0.489 e. The molecule has 3 rings (SSSR count). The molecule has 1 atom stereocenters. The second-order valence-electron chi connectivity index (χ2n) is 6.13. The first-order valence-electron chi connectivity index (χ1n) is 8.12. The second kappa shape index (κ2) is 7.66. The first-order valence-corrected chi connectivity index (χ1v) is 9.68. The minimum Gasteiger partial charge on any atom is -0.489 e. The number of hydrogen-bond donors (Lipinski definition) is 0. The number of rotatable bonds is 5. The van der Waals surface area contributed by atoms with Gasteiger partial charge in [0, 0.05) is 58.7 Å². The van der Waals surface area contributed by atoms with Crippen molar-refractivity contribution in [3.05, 3.63) is 76.5 Å². The number of pyridine rings is 2. The molecule has 0 saturated heterocycles. The number of ether oxygens (including phenoxy) is 1. The van der Waals surface area contributed by atoms with E-state index in [0.29, 0.717) is 22.8 Å². The van der Waals surface area contributed by atoms with E-state index in [1.165, 1.54) is 0 Å². The smallest absolute Gasteiger partial charge is 0.253 e. The third-order valence-electron chi connectivity index (χ3n) is 4.04. The summed E-state index contributed by atoms with van der Waals surface area (Å²) in [6, 6.07) is 11.2. The predicted molar refractivity (Wildman–Crippen MR) is 103 cm³/mol. The SMILES string of the molecule is Cc1cc(-c2cc(OCc3cccnc3)cc(S(C)=O)c2)cn(C)c1=O. The lowest BCUT2D eigenvalue weighted by atomic mass is 10.1. The molecule has 5 nitrogen and oxygen atoms in total. The quantitative estimate of drug-likeness (QED) is 0.694. The number of nitrogens with zero attached hydrogens (tertiary/aromatic N) is 2. The van der Waals surface area contributed by atoms with E-state index in [2.05, 4.69) is 4.98 Å². The van der Waals surface area contributed by atoms with Gasteiger partial charge in [0.05, 0.1) is 0 Å². The van der Waals surface area contributed by atoms with Gasteiger partial charge in [-0.3, -0.25) is 14.0 Å². The minimum absolute atomic E-state index is 0.0305. The predicted octanol–water partition coefficient (Wildman–Crippen LogP) is 3.07. The van der Waals surface area contributed by atoms with Gasteiger partial charge in [-0.2, -0.15) is 0 Å². The molecule has 6 heteroatoms. The van der Waals surface area contributed by atoms with Gasteiger partial charge in [0.1, 0.15) is 12.4 Å². The van der Waals surface area contributed by atoms with Crippen molar-refractivity contribution in [1.29, 1.82) is 0 Å². The van der Waals surface area contributed by atoms with Crippen LogP contribution in [0.25, 0.3) is 11.1 Å². The highest BCUT2D eigenvalue weighted by Crippen LogP contribution is 2.28. The van der Waals surface area contributed by atoms with Crippen LogP contribution < -0.4 is 10.3 Å². The summed E-state index contributed by atoms with van der Waals surface area (Å²) >= 11 is 0. The maximum atomic E-state index is 12.0. The summed E-state index contributed by atoms with van der Waals surface area (Å²) in [5, 5.41) is 0. The summed E-state index contributed by atoms with van der Waals surface area (Å²) in [5.41, 5.74) is 3.32. The van der Waals surface area contributed by atoms with Gasteiger partial charge in [0.25, 0.3) is 5.56 Å².